The maximum atomic E-state index is 6.31. The van der Waals surface area contributed by atoms with Crippen molar-refractivity contribution >= 4 is 17.3 Å². The normalized spacial score (nSPS) is 18.2. The summed E-state index contributed by atoms with van der Waals surface area (Å²) in [5, 5.41) is 4.36. The molecule has 118 valence electrons. The molecule has 1 aromatic carbocycles. The highest BCUT2D eigenvalue weighted by molar-refractivity contribution is 6.33. The first-order chi connectivity index (χ1) is 10.1. The van der Waals surface area contributed by atoms with E-state index in [-0.39, 0.29) is 0 Å². The molecule has 0 spiro atoms. The largest absolute Gasteiger partial charge is 0.368 e. The van der Waals surface area contributed by atoms with E-state index in [1.165, 1.54) is 5.69 Å². The molecule has 3 nitrogen and oxygen atoms in total. The Kier molecular flexibility index (Phi) is 6.34. The second-order valence-corrected chi connectivity index (χ2v) is 6.50. The Hall–Kier alpha value is -0.770. The quantitative estimate of drug-likeness (QED) is 0.871. The van der Waals surface area contributed by atoms with Gasteiger partial charge < -0.3 is 10.2 Å². The average Bonchev–Trinajstić information content (AvgIpc) is 2.49. The fourth-order valence-electron chi connectivity index (χ4n) is 3.08. The van der Waals surface area contributed by atoms with Crippen LogP contribution in [0, 0.1) is 5.92 Å². The molecule has 1 aliphatic heterocycles. The molecule has 21 heavy (non-hydrogen) atoms. The van der Waals surface area contributed by atoms with E-state index in [9.17, 15) is 0 Å². The van der Waals surface area contributed by atoms with Gasteiger partial charge in [-0.1, -0.05) is 44.5 Å². The first-order valence-electron chi connectivity index (χ1n) is 8.07. The van der Waals surface area contributed by atoms with Gasteiger partial charge in [-0.25, -0.2) is 0 Å². The van der Waals surface area contributed by atoms with Gasteiger partial charge >= 0.3 is 0 Å². The number of benzene rings is 1. The van der Waals surface area contributed by atoms with Crippen molar-refractivity contribution in [1.82, 2.24) is 10.2 Å². The molecule has 1 heterocycles. The van der Waals surface area contributed by atoms with Crippen molar-refractivity contribution < 1.29 is 0 Å². The Bertz CT molecular complexity index is 428. The van der Waals surface area contributed by atoms with E-state index in [0.29, 0.717) is 12.0 Å². The Morgan fingerprint density at radius 1 is 1.14 bits per heavy atom. The molecule has 0 aliphatic carbocycles. The number of halogens is 1. The third-order valence-electron chi connectivity index (χ3n) is 4.35. The second-order valence-electron chi connectivity index (χ2n) is 6.09. The number of hydrogen-bond donors (Lipinski definition) is 1. The van der Waals surface area contributed by atoms with E-state index in [1.54, 1.807) is 0 Å². The van der Waals surface area contributed by atoms with Crippen LogP contribution in [0.1, 0.15) is 20.8 Å². The van der Waals surface area contributed by atoms with Gasteiger partial charge in [0.1, 0.15) is 0 Å². The maximum Gasteiger partial charge on any atom is 0.0639 e. The molecule has 1 atom stereocenters. The van der Waals surface area contributed by atoms with Gasteiger partial charge in [-0.15, -0.1) is 0 Å². The Balaban J connectivity index is 1.94. The molecule has 1 unspecified atom stereocenters. The smallest absolute Gasteiger partial charge is 0.0639 e. The number of likely N-dealkylation sites (N-methyl/N-ethyl adjacent to an activating group) is 1. The van der Waals surface area contributed by atoms with Gasteiger partial charge in [0.25, 0.3) is 0 Å². The van der Waals surface area contributed by atoms with Gasteiger partial charge in [-0.3, -0.25) is 4.90 Å². The lowest BCUT2D eigenvalue weighted by molar-refractivity contribution is 0.144. The zero-order valence-corrected chi connectivity index (χ0v) is 14.2. The van der Waals surface area contributed by atoms with Crippen molar-refractivity contribution in [1.29, 1.82) is 0 Å². The van der Waals surface area contributed by atoms with Crippen LogP contribution >= 0.6 is 11.6 Å². The summed E-state index contributed by atoms with van der Waals surface area (Å²) in [6, 6.07) is 8.78. The molecular weight excluding hydrogens is 282 g/mol. The van der Waals surface area contributed by atoms with Crippen molar-refractivity contribution in [3.8, 4) is 0 Å². The maximum absolute atomic E-state index is 6.31. The van der Waals surface area contributed by atoms with Gasteiger partial charge in [0.2, 0.25) is 0 Å². The van der Waals surface area contributed by atoms with E-state index in [0.717, 1.165) is 44.3 Å². The highest BCUT2D eigenvalue weighted by atomic mass is 35.5. The number of piperazine rings is 1. The zero-order valence-electron chi connectivity index (χ0n) is 13.5. The summed E-state index contributed by atoms with van der Waals surface area (Å²) < 4.78 is 0. The molecule has 4 heteroatoms. The van der Waals surface area contributed by atoms with Crippen molar-refractivity contribution in [2.24, 2.45) is 5.92 Å². The van der Waals surface area contributed by atoms with Gasteiger partial charge in [-0.05, 0) is 24.6 Å². The molecule has 0 aromatic heterocycles. The monoisotopic (exact) mass is 309 g/mol. The Labute approximate surface area is 134 Å². The van der Waals surface area contributed by atoms with Crippen LogP contribution < -0.4 is 10.2 Å². The average molecular weight is 310 g/mol. The molecule has 0 amide bonds. The fourth-order valence-corrected chi connectivity index (χ4v) is 3.34. The second kappa shape index (κ2) is 8.02. The predicted octanol–water partition coefficient (Wildman–Crippen LogP) is 3.10. The summed E-state index contributed by atoms with van der Waals surface area (Å²) in [6.45, 7) is 13.3. The summed E-state index contributed by atoms with van der Waals surface area (Å²) in [5.41, 5.74) is 1.17. The molecule has 1 aliphatic rings. The SMILES string of the molecule is CCNCC(C(C)C)N1CCN(c2ccccc2Cl)CC1. The van der Waals surface area contributed by atoms with E-state index in [2.05, 4.69) is 48.0 Å². The van der Waals surface area contributed by atoms with Crippen LogP contribution in [-0.2, 0) is 0 Å². The predicted molar refractivity (Wildman–Crippen MR) is 92.4 cm³/mol. The summed E-state index contributed by atoms with van der Waals surface area (Å²) in [5.74, 6) is 0.677. The van der Waals surface area contributed by atoms with Gasteiger partial charge in [-0.2, -0.15) is 0 Å². The lowest BCUT2D eigenvalue weighted by Crippen LogP contribution is -2.54. The highest BCUT2D eigenvalue weighted by Crippen LogP contribution is 2.26. The molecular formula is C17H28ClN3. The molecule has 1 fully saturated rings. The molecule has 0 bridgehead atoms. The fraction of sp³-hybridized carbons (Fsp3) is 0.647. The molecule has 0 radical (unpaired) electrons. The standard InChI is InChI=1S/C17H28ClN3/c1-4-19-13-17(14(2)3)21-11-9-20(10-12-21)16-8-6-5-7-15(16)18/h5-8,14,17,19H,4,9-13H2,1-3H3. The molecule has 1 N–H and O–H groups in total. The van der Waals surface area contributed by atoms with Crippen LogP contribution in [0.3, 0.4) is 0 Å². The van der Waals surface area contributed by atoms with Crippen LogP contribution in [0.5, 0.6) is 0 Å². The van der Waals surface area contributed by atoms with Crippen LogP contribution in [0.15, 0.2) is 24.3 Å². The van der Waals surface area contributed by atoms with Gasteiger partial charge in [0, 0.05) is 38.8 Å². The van der Waals surface area contributed by atoms with E-state index >= 15 is 0 Å². The number of nitrogens with one attached hydrogen (secondary N) is 1. The van der Waals surface area contributed by atoms with Crippen LogP contribution in [0.4, 0.5) is 5.69 Å². The Morgan fingerprint density at radius 3 is 2.38 bits per heavy atom. The topological polar surface area (TPSA) is 18.5 Å². The van der Waals surface area contributed by atoms with Gasteiger partial charge in [0.05, 0.1) is 10.7 Å². The van der Waals surface area contributed by atoms with Crippen LogP contribution in [0.2, 0.25) is 5.02 Å². The third-order valence-corrected chi connectivity index (χ3v) is 4.67. The van der Waals surface area contributed by atoms with Gasteiger partial charge in [0.15, 0.2) is 0 Å². The van der Waals surface area contributed by atoms with Crippen LogP contribution in [0.25, 0.3) is 0 Å². The number of hydrogen-bond acceptors (Lipinski definition) is 3. The summed E-state index contributed by atoms with van der Waals surface area (Å²) in [4.78, 5) is 5.03. The van der Waals surface area contributed by atoms with Crippen molar-refractivity contribution in [3.05, 3.63) is 29.3 Å². The van der Waals surface area contributed by atoms with E-state index < -0.39 is 0 Å². The Morgan fingerprint density at radius 2 is 1.81 bits per heavy atom. The van der Waals surface area contributed by atoms with Crippen molar-refractivity contribution in [2.45, 2.75) is 26.8 Å². The zero-order chi connectivity index (χ0) is 15.2. The van der Waals surface area contributed by atoms with E-state index in [4.69, 9.17) is 11.6 Å². The molecule has 1 aromatic rings. The highest BCUT2D eigenvalue weighted by Gasteiger charge is 2.26. The van der Waals surface area contributed by atoms with Crippen LogP contribution in [-0.4, -0.2) is 50.2 Å². The molecule has 2 rings (SSSR count). The minimum atomic E-state index is 0.623. The third kappa shape index (κ3) is 4.35. The van der Waals surface area contributed by atoms with Crippen molar-refractivity contribution in [3.63, 3.8) is 0 Å². The first kappa shape index (κ1) is 16.6. The minimum Gasteiger partial charge on any atom is -0.368 e. The lowest BCUT2D eigenvalue weighted by atomic mass is 10.0. The number of nitrogens with zero attached hydrogens (tertiary/aromatic N) is 2. The van der Waals surface area contributed by atoms with Crippen molar-refractivity contribution in [2.75, 3.05) is 44.2 Å². The lowest BCUT2D eigenvalue weighted by Gasteiger charge is -2.42. The molecule has 1 saturated heterocycles. The molecule has 0 saturated carbocycles. The summed E-state index contributed by atoms with van der Waals surface area (Å²) in [7, 11) is 0. The summed E-state index contributed by atoms with van der Waals surface area (Å²) >= 11 is 6.31. The number of anilines is 1. The van der Waals surface area contributed by atoms with E-state index in [1.807, 2.05) is 12.1 Å². The summed E-state index contributed by atoms with van der Waals surface area (Å²) in [6.07, 6.45) is 0. The number of rotatable bonds is 6. The minimum absolute atomic E-state index is 0.623. The first-order valence-corrected chi connectivity index (χ1v) is 8.45. The number of para-hydroxylation sites is 1.